The third-order valence-corrected chi connectivity index (χ3v) is 4.60. The highest BCUT2D eigenvalue weighted by molar-refractivity contribution is 6.02. The van der Waals surface area contributed by atoms with Gasteiger partial charge in [0, 0.05) is 22.2 Å². The lowest BCUT2D eigenvalue weighted by atomic mass is 10.0. The monoisotopic (exact) mass is 378 g/mol. The first kappa shape index (κ1) is 19.4. The van der Waals surface area contributed by atoms with Crippen molar-refractivity contribution in [2.75, 3.05) is 6.54 Å². The maximum atomic E-state index is 12.6. The maximum absolute atomic E-state index is 12.6. The smallest absolute Gasteiger partial charge is 0.408 e. The summed E-state index contributed by atoms with van der Waals surface area (Å²) in [7, 11) is 0. The Labute approximate surface area is 162 Å². The molecule has 3 rings (SSSR count). The zero-order valence-corrected chi connectivity index (χ0v) is 16.0. The summed E-state index contributed by atoms with van der Waals surface area (Å²) in [5.41, 5.74) is 0.893. The van der Waals surface area contributed by atoms with Crippen molar-refractivity contribution >= 4 is 22.6 Å². The number of benzene rings is 2. The van der Waals surface area contributed by atoms with Crippen molar-refractivity contribution in [1.82, 2.24) is 9.88 Å². The van der Waals surface area contributed by atoms with E-state index in [0.717, 1.165) is 10.5 Å². The number of carbonyl (C=O) groups excluding carboxylic acids is 1. The summed E-state index contributed by atoms with van der Waals surface area (Å²) in [4.78, 5) is 40.6. The molecule has 0 aliphatic carbocycles. The molecule has 0 aliphatic heterocycles. The molecule has 0 saturated heterocycles. The predicted molar refractivity (Wildman–Crippen MR) is 109 cm³/mol. The van der Waals surface area contributed by atoms with Gasteiger partial charge in [-0.15, -0.1) is 0 Å². The van der Waals surface area contributed by atoms with Gasteiger partial charge >= 0.3 is 6.09 Å². The highest BCUT2D eigenvalue weighted by Crippen LogP contribution is 2.21. The predicted octanol–water partition coefficient (Wildman–Crippen LogP) is 4.16. The maximum Gasteiger partial charge on any atom is 0.408 e. The number of hydrogen-bond acceptors (Lipinski definition) is 3. The number of hydrogen-bond donors (Lipinski definition) is 2. The Morgan fingerprint density at radius 3 is 2.32 bits per heavy atom. The lowest BCUT2D eigenvalue weighted by Gasteiger charge is -2.32. The first-order chi connectivity index (χ1) is 13.2. The zero-order chi connectivity index (χ0) is 20.5. The van der Waals surface area contributed by atoms with Crippen LogP contribution in [0.2, 0.25) is 0 Å². The third-order valence-electron chi connectivity index (χ3n) is 4.60. The number of nitrogens with zero attached hydrogens (tertiary/aromatic N) is 1. The first-order valence-corrected chi connectivity index (χ1v) is 8.93. The number of carbonyl (C=O) groups is 2. The lowest BCUT2D eigenvalue weighted by Crippen LogP contribution is -2.47. The molecule has 0 unspecified atom stereocenters. The van der Waals surface area contributed by atoms with Gasteiger partial charge in [0.2, 0.25) is 0 Å². The Morgan fingerprint density at radius 1 is 1.04 bits per heavy atom. The number of fused-ring (bicyclic) bond motifs is 1. The quantitative estimate of drug-likeness (QED) is 0.667. The van der Waals surface area contributed by atoms with Crippen LogP contribution in [0.4, 0.5) is 4.79 Å². The highest BCUT2D eigenvalue weighted by Gasteiger charge is 2.28. The molecule has 0 bridgehead atoms. The topological polar surface area (TPSA) is 90.5 Å². The van der Waals surface area contributed by atoms with E-state index in [9.17, 15) is 19.5 Å². The van der Waals surface area contributed by atoms with Gasteiger partial charge < -0.3 is 10.1 Å². The van der Waals surface area contributed by atoms with Crippen LogP contribution < -0.4 is 5.56 Å². The van der Waals surface area contributed by atoms with Crippen LogP contribution in [-0.4, -0.2) is 39.0 Å². The number of ketones is 1. The van der Waals surface area contributed by atoms with Gasteiger partial charge in [0.1, 0.15) is 0 Å². The molecule has 1 amide bonds. The van der Waals surface area contributed by atoms with E-state index < -0.39 is 11.6 Å². The van der Waals surface area contributed by atoms with Gasteiger partial charge in [-0.3, -0.25) is 14.5 Å². The molecule has 0 saturated carbocycles. The molecule has 1 aromatic heterocycles. The second-order valence-corrected chi connectivity index (χ2v) is 7.64. The van der Waals surface area contributed by atoms with Crippen molar-refractivity contribution in [1.29, 1.82) is 0 Å². The molecule has 2 N–H and O–H groups in total. The van der Waals surface area contributed by atoms with Crippen LogP contribution in [0.1, 0.15) is 31.1 Å². The fourth-order valence-corrected chi connectivity index (χ4v) is 3.03. The van der Waals surface area contributed by atoms with E-state index in [0.29, 0.717) is 22.0 Å². The summed E-state index contributed by atoms with van der Waals surface area (Å²) in [6.07, 6.45) is -1.16. The van der Waals surface area contributed by atoms with Crippen LogP contribution in [0.15, 0.2) is 59.4 Å². The fourth-order valence-electron chi connectivity index (χ4n) is 3.03. The average molecular weight is 378 g/mol. The Hall–Kier alpha value is -3.41. The van der Waals surface area contributed by atoms with Gasteiger partial charge in [-0.2, -0.15) is 0 Å². The standard InChI is InChI=1S/C22H22N2O4/c1-22(2,3)24(21(27)28)13-19(25)16-10-9-15-12-18(14-7-5-4-6-8-14)23-20(26)17(15)11-16/h4-12H,13H2,1-3H3,(H,23,26)(H,27,28). The van der Waals surface area contributed by atoms with Gasteiger partial charge in [-0.1, -0.05) is 42.5 Å². The molecule has 1 heterocycles. The summed E-state index contributed by atoms with van der Waals surface area (Å²) < 4.78 is 0. The van der Waals surface area contributed by atoms with E-state index in [2.05, 4.69) is 4.98 Å². The van der Waals surface area contributed by atoms with E-state index in [4.69, 9.17) is 0 Å². The summed E-state index contributed by atoms with van der Waals surface area (Å²) in [5.74, 6) is -0.356. The molecule has 3 aromatic rings. The highest BCUT2D eigenvalue weighted by atomic mass is 16.4. The fraction of sp³-hybridized carbons (Fsp3) is 0.227. The van der Waals surface area contributed by atoms with E-state index in [1.807, 2.05) is 36.4 Å². The molecular formula is C22H22N2O4. The molecule has 0 spiro atoms. The molecule has 0 aliphatic rings. The number of aromatic nitrogens is 1. The summed E-state index contributed by atoms with van der Waals surface area (Å²) >= 11 is 0. The van der Waals surface area contributed by atoms with Gasteiger partial charge in [-0.25, -0.2) is 4.79 Å². The molecule has 144 valence electrons. The minimum absolute atomic E-state index is 0.273. The number of rotatable bonds is 4. The SMILES string of the molecule is CC(C)(C)N(CC(=O)c1ccc2cc(-c3ccccc3)[nH]c(=O)c2c1)C(=O)O. The van der Waals surface area contributed by atoms with Crippen molar-refractivity contribution in [2.45, 2.75) is 26.3 Å². The average Bonchev–Trinajstić information content (AvgIpc) is 2.65. The minimum Gasteiger partial charge on any atom is -0.465 e. The van der Waals surface area contributed by atoms with Crippen LogP contribution in [0, 0.1) is 0 Å². The normalized spacial score (nSPS) is 11.4. The van der Waals surface area contributed by atoms with Gasteiger partial charge in [0.15, 0.2) is 5.78 Å². The third kappa shape index (κ3) is 3.96. The van der Waals surface area contributed by atoms with E-state index in [1.54, 1.807) is 32.9 Å². The molecule has 2 aromatic carbocycles. The van der Waals surface area contributed by atoms with Crippen LogP contribution in [0.5, 0.6) is 0 Å². The van der Waals surface area contributed by atoms with Crippen molar-refractivity contribution < 1.29 is 14.7 Å². The Balaban J connectivity index is 1.96. The first-order valence-electron chi connectivity index (χ1n) is 8.93. The van der Waals surface area contributed by atoms with Crippen molar-refractivity contribution in [2.24, 2.45) is 0 Å². The molecule has 6 heteroatoms. The van der Waals surface area contributed by atoms with E-state index in [-0.39, 0.29) is 17.9 Å². The number of carboxylic acid groups (broad SMARTS) is 1. The van der Waals surface area contributed by atoms with E-state index >= 15 is 0 Å². The van der Waals surface area contributed by atoms with Crippen LogP contribution in [-0.2, 0) is 0 Å². The van der Waals surface area contributed by atoms with Crippen LogP contribution in [0.25, 0.3) is 22.0 Å². The number of Topliss-reactive ketones (excluding diaryl/α,β-unsaturated/α-hetero) is 1. The Kier molecular flexibility index (Phi) is 5.05. The lowest BCUT2D eigenvalue weighted by molar-refractivity contribution is 0.0766. The number of amides is 1. The number of H-pyrrole nitrogens is 1. The zero-order valence-electron chi connectivity index (χ0n) is 16.0. The number of aromatic amines is 1. The van der Waals surface area contributed by atoms with Gasteiger partial charge in [0.05, 0.1) is 6.54 Å². The van der Waals surface area contributed by atoms with Crippen molar-refractivity contribution in [3.63, 3.8) is 0 Å². The summed E-state index contributed by atoms with van der Waals surface area (Å²) in [6, 6.07) is 16.2. The molecule has 28 heavy (non-hydrogen) atoms. The largest absolute Gasteiger partial charge is 0.465 e. The molecule has 6 nitrogen and oxygen atoms in total. The van der Waals surface area contributed by atoms with Crippen molar-refractivity contribution in [3.8, 4) is 11.3 Å². The summed E-state index contributed by atoms with van der Waals surface area (Å²) in [5, 5.41) is 10.5. The van der Waals surface area contributed by atoms with Gasteiger partial charge in [0.25, 0.3) is 5.56 Å². The Morgan fingerprint density at radius 2 is 1.71 bits per heavy atom. The number of nitrogens with one attached hydrogen (secondary N) is 1. The summed E-state index contributed by atoms with van der Waals surface area (Å²) in [6.45, 7) is 4.91. The van der Waals surface area contributed by atoms with Crippen LogP contribution >= 0.6 is 0 Å². The molecule has 0 fully saturated rings. The van der Waals surface area contributed by atoms with Gasteiger partial charge in [-0.05, 0) is 43.9 Å². The molecule has 0 atom stereocenters. The number of pyridine rings is 1. The minimum atomic E-state index is -1.16. The van der Waals surface area contributed by atoms with Crippen LogP contribution in [0.3, 0.4) is 0 Å². The second-order valence-electron chi connectivity index (χ2n) is 7.64. The second kappa shape index (κ2) is 7.31. The van der Waals surface area contributed by atoms with E-state index in [1.165, 1.54) is 6.07 Å². The van der Waals surface area contributed by atoms with Crippen molar-refractivity contribution in [3.05, 3.63) is 70.5 Å². The Bertz CT molecular complexity index is 1090. The molecule has 0 radical (unpaired) electrons. The molecular weight excluding hydrogens is 356 g/mol.